The minimum Gasteiger partial charge on any atom is -0.315 e. The smallest absolute Gasteiger partial charge is 0.262 e. The summed E-state index contributed by atoms with van der Waals surface area (Å²) < 4.78 is 0. The molecule has 2 aromatic rings. The summed E-state index contributed by atoms with van der Waals surface area (Å²) in [7, 11) is 0. The van der Waals surface area contributed by atoms with Crippen LogP contribution in [0.5, 0.6) is 0 Å². The van der Waals surface area contributed by atoms with Gasteiger partial charge in [0.2, 0.25) is 5.91 Å². The van der Waals surface area contributed by atoms with Crippen molar-refractivity contribution in [3.8, 4) is 6.07 Å². The predicted molar refractivity (Wildman–Crippen MR) is 123 cm³/mol. The van der Waals surface area contributed by atoms with Crippen molar-refractivity contribution in [1.29, 1.82) is 5.26 Å². The second-order valence-electron chi connectivity index (χ2n) is 7.69. The number of thioether (sulfide) groups is 1. The zero-order chi connectivity index (χ0) is 22.0. The monoisotopic (exact) mass is 453 g/mol. The van der Waals surface area contributed by atoms with Gasteiger partial charge in [0.15, 0.2) is 0 Å². The highest BCUT2D eigenvalue weighted by atomic mass is 32.2. The van der Waals surface area contributed by atoms with Gasteiger partial charge in [-0.2, -0.15) is 17.0 Å². The third kappa shape index (κ3) is 4.00. The third-order valence-corrected chi connectivity index (χ3v) is 7.66. The highest BCUT2D eigenvalue weighted by Gasteiger charge is 2.42. The SMILES string of the molecule is CSCCC(C(=O)Nc1sc2c(c1C#N)CCCCC2)N1C(=O)c2ccccc2C1=O. The van der Waals surface area contributed by atoms with Gasteiger partial charge < -0.3 is 5.32 Å². The third-order valence-electron chi connectivity index (χ3n) is 5.81. The number of nitriles is 1. The van der Waals surface area contributed by atoms with Gasteiger partial charge in [0.1, 0.15) is 17.1 Å². The molecule has 1 aromatic heterocycles. The maximum absolute atomic E-state index is 13.3. The van der Waals surface area contributed by atoms with Gasteiger partial charge in [0.05, 0.1) is 16.7 Å². The van der Waals surface area contributed by atoms with E-state index in [1.165, 1.54) is 11.3 Å². The lowest BCUT2D eigenvalue weighted by Gasteiger charge is -2.25. The number of nitrogens with zero attached hydrogens (tertiary/aromatic N) is 2. The van der Waals surface area contributed by atoms with E-state index in [2.05, 4.69) is 11.4 Å². The largest absolute Gasteiger partial charge is 0.315 e. The van der Waals surface area contributed by atoms with Gasteiger partial charge in [0.25, 0.3) is 11.8 Å². The Morgan fingerprint density at radius 3 is 2.52 bits per heavy atom. The summed E-state index contributed by atoms with van der Waals surface area (Å²) in [4.78, 5) is 41.5. The predicted octanol–water partition coefficient (Wildman–Crippen LogP) is 4.25. The first-order valence-corrected chi connectivity index (χ1v) is 12.6. The van der Waals surface area contributed by atoms with E-state index >= 15 is 0 Å². The Kier molecular flexibility index (Phi) is 6.44. The molecular formula is C23H23N3O3S2. The number of carbonyl (C=O) groups excluding carboxylic acids is 3. The molecule has 0 saturated heterocycles. The molecule has 0 fully saturated rings. The van der Waals surface area contributed by atoms with Crippen LogP contribution < -0.4 is 5.32 Å². The van der Waals surface area contributed by atoms with Crippen molar-refractivity contribution >= 4 is 45.8 Å². The lowest BCUT2D eigenvalue weighted by molar-refractivity contribution is -0.120. The zero-order valence-electron chi connectivity index (χ0n) is 17.3. The first-order chi connectivity index (χ1) is 15.1. The van der Waals surface area contributed by atoms with Crippen LogP contribution >= 0.6 is 23.1 Å². The summed E-state index contributed by atoms with van der Waals surface area (Å²) >= 11 is 3.00. The molecule has 1 unspecified atom stereocenters. The molecule has 6 nitrogen and oxygen atoms in total. The number of fused-ring (bicyclic) bond motifs is 2. The van der Waals surface area contributed by atoms with Crippen molar-refractivity contribution in [3.05, 3.63) is 51.4 Å². The number of benzene rings is 1. The Hall–Kier alpha value is -2.63. The molecule has 0 spiro atoms. The number of imide groups is 1. The Labute approximate surface area is 189 Å². The van der Waals surface area contributed by atoms with E-state index in [0.717, 1.165) is 47.4 Å². The standard InChI is InChI=1S/C23H23N3O3S2/c1-30-12-11-18(26-22(28)15-8-5-6-9-16(15)23(26)29)20(27)25-21-17(13-24)14-7-3-2-4-10-19(14)31-21/h5-6,8-9,18H,2-4,7,10-12H2,1H3,(H,25,27). The lowest BCUT2D eigenvalue weighted by atomic mass is 10.1. The zero-order valence-corrected chi connectivity index (χ0v) is 18.9. The Balaban J connectivity index is 1.63. The molecule has 2 heterocycles. The van der Waals surface area contributed by atoms with E-state index in [1.54, 1.807) is 36.0 Å². The van der Waals surface area contributed by atoms with Crippen LogP contribution in [0.1, 0.15) is 62.4 Å². The van der Waals surface area contributed by atoms with Gasteiger partial charge in [-0.15, -0.1) is 11.3 Å². The Morgan fingerprint density at radius 1 is 1.19 bits per heavy atom. The van der Waals surface area contributed by atoms with E-state index in [1.807, 2.05) is 6.26 Å². The number of amides is 3. The highest BCUT2D eigenvalue weighted by molar-refractivity contribution is 7.98. The lowest BCUT2D eigenvalue weighted by Crippen LogP contribution is -2.47. The van der Waals surface area contributed by atoms with Crippen molar-refractivity contribution in [2.45, 2.75) is 44.6 Å². The van der Waals surface area contributed by atoms with Gasteiger partial charge in [-0.25, -0.2) is 0 Å². The van der Waals surface area contributed by atoms with Crippen molar-refractivity contribution in [2.75, 3.05) is 17.3 Å². The fraction of sp³-hybridized carbons (Fsp3) is 0.391. The molecule has 1 aromatic carbocycles. The minimum atomic E-state index is -0.923. The van der Waals surface area contributed by atoms with Gasteiger partial charge >= 0.3 is 0 Å². The van der Waals surface area contributed by atoms with Crippen molar-refractivity contribution in [3.63, 3.8) is 0 Å². The number of hydrogen-bond donors (Lipinski definition) is 1. The normalized spacial score (nSPS) is 16.3. The number of thiophene rings is 1. The van der Waals surface area contributed by atoms with Gasteiger partial charge in [0, 0.05) is 4.88 Å². The van der Waals surface area contributed by atoms with E-state index in [9.17, 15) is 19.6 Å². The molecule has 8 heteroatoms. The number of aryl methyl sites for hydroxylation is 1. The molecule has 3 amide bonds. The second kappa shape index (κ2) is 9.25. The molecular weight excluding hydrogens is 430 g/mol. The maximum Gasteiger partial charge on any atom is 0.262 e. The number of nitrogens with one attached hydrogen (secondary N) is 1. The van der Waals surface area contributed by atoms with Gasteiger partial charge in [-0.3, -0.25) is 19.3 Å². The molecule has 0 saturated carbocycles. The van der Waals surface area contributed by atoms with Crippen molar-refractivity contribution < 1.29 is 14.4 Å². The molecule has 1 aliphatic heterocycles. The summed E-state index contributed by atoms with van der Waals surface area (Å²) in [6.45, 7) is 0. The van der Waals surface area contributed by atoms with Crippen LogP contribution in [-0.4, -0.2) is 40.7 Å². The molecule has 160 valence electrons. The summed E-state index contributed by atoms with van der Waals surface area (Å²) in [6.07, 6.45) is 7.30. The summed E-state index contributed by atoms with van der Waals surface area (Å²) in [5, 5.41) is 13.2. The topological polar surface area (TPSA) is 90.3 Å². The fourth-order valence-corrected chi connectivity index (χ4v) is 5.94. The van der Waals surface area contributed by atoms with Gasteiger partial charge in [-0.05, 0) is 61.8 Å². The highest BCUT2D eigenvalue weighted by Crippen LogP contribution is 2.37. The number of rotatable bonds is 6. The van der Waals surface area contributed by atoms with E-state index in [-0.39, 0.29) is 0 Å². The molecule has 1 atom stereocenters. The van der Waals surface area contributed by atoms with Crippen LogP contribution in [-0.2, 0) is 17.6 Å². The molecule has 0 bridgehead atoms. The molecule has 4 rings (SSSR count). The van der Waals surface area contributed by atoms with Crippen molar-refractivity contribution in [2.24, 2.45) is 0 Å². The van der Waals surface area contributed by atoms with Crippen LogP contribution in [0.3, 0.4) is 0 Å². The summed E-state index contributed by atoms with van der Waals surface area (Å²) in [5.74, 6) is -0.678. The van der Waals surface area contributed by atoms with E-state index in [0.29, 0.717) is 33.9 Å². The average Bonchev–Trinajstić information content (AvgIpc) is 3.10. The summed E-state index contributed by atoms with van der Waals surface area (Å²) in [6, 6.07) is 7.99. The molecule has 1 N–H and O–H groups in total. The van der Waals surface area contributed by atoms with Crippen LogP contribution in [0.2, 0.25) is 0 Å². The minimum absolute atomic E-state index is 0.329. The second-order valence-corrected chi connectivity index (χ2v) is 9.78. The molecule has 31 heavy (non-hydrogen) atoms. The van der Waals surface area contributed by atoms with E-state index in [4.69, 9.17) is 0 Å². The molecule has 0 radical (unpaired) electrons. The summed E-state index contributed by atoms with van der Waals surface area (Å²) in [5.41, 5.74) is 2.23. The van der Waals surface area contributed by atoms with Gasteiger partial charge in [-0.1, -0.05) is 18.6 Å². The quantitative estimate of drug-likeness (QED) is 0.522. The maximum atomic E-state index is 13.3. The first kappa shape index (κ1) is 21.6. The van der Waals surface area contributed by atoms with Crippen molar-refractivity contribution in [1.82, 2.24) is 4.90 Å². The number of hydrogen-bond acceptors (Lipinski definition) is 6. The number of carbonyl (C=O) groups is 3. The Bertz CT molecular complexity index is 1050. The van der Waals surface area contributed by atoms with Crippen LogP contribution in [0, 0.1) is 11.3 Å². The molecule has 2 aliphatic rings. The number of anilines is 1. The first-order valence-electron chi connectivity index (χ1n) is 10.4. The fourth-order valence-electron chi connectivity index (χ4n) is 4.24. The average molecular weight is 454 g/mol. The van der Waals surface area contributed by atoms with E-state index < -0.39 is 23.8 Å². The Morgan fingerprint density at radius 2 is 1.87 bits per heavy atom. The van der Waals surface area contributed by atoms with Crippen LogP contribution in [0.15, 0.2) is 24.3 Å². The molecule has 1 aliphatic carbocycles. The van der Waals surface area contributed by atoms with Crippen LogP contribution in [0.25, 0.3) is 0 Å². The van der Waals surface area contributed by atoms with Crippen LogP contribution in [0.4, 0.5) is 5.00 Å².